The average molecular weight is 515 g/mol. The first kappa shape index (κ1) is 26.1. The number of furan rings is 1. The number of fused-ring (bicyclic) bond motifs is 1. The van der Waals surface area contributed by atoms with Gasteiger partial charge in [-0.3, -0.25) is 0 Å². The molecule has 0 aliphatic carbocycles. The van der Waals surface area contributed by atoms with Crippen LogP contribution in [-0.2, 0) is 14.9 Å². The van der Waals surface area contributed by atoms with Crippen LogP contribution in [0.1, 0.15) is 23.7 Å². The lowest BCUT2D eigenvalue weighted by atomic mass is 10.0. The lowest BCUT2D eigenvalue weighted by Gasteiger charge is -2.22. The second-order valence-electron chi connectivity index (χ2n) is 7.33. The van der Waals surface area contributed by atoms with E-state index in [1.165, 1.54) is 30.1 Å². The molecule has 2 aromatic carbocycles. The lowest BCUT2D eigenvalue weighted by Crippen LogP contribution is -2.29. The SMILES string of the molecule is C=CCCN(C)c1cc2oc(-c3ccc(F)cc3)c(C(=O)OCC)c2cc1OS(=O)(=O)C(F)(F)F. The van der Waals surface area contributed by atoms with Crippen molar-refractivity contribution in [2.75, 3.05) is 25.1 Å². The Balaban J connectivity index is 2.31. The number of ether oxygens (including phenoxy) is 1. The van der Waals surface area contributed by atoms with E-state index in [0.29, 0.717) is 6.42 Å². The zero-order chi connectivity index (χ0) is 26.0. The fraction of sp³-hybridized carbons (Fsp3) is 0.261. The monoisotopic (exact) mass is 515 g/mol. The maximum atomic E-state index is 13.4. The number of hydrogen-bond acceptors (Lipinski definition) is 7. The number of esters is 1. The van der Waals surface area contributed by atoms with E-state index in [2.05, 4.69) is 10.8 Å². The minimum absolute atomic E-state index is 0.0252. The molecule has 1 heterocycles. The third kappa shape index (κ3) is 5.42. The number of halogens is 4. The maximum Gasteiger partial charge on any atom is 0.534 e. The summed E-state index contributed by atoms with van der Waals surface area (Å²) in [4.78, 5) is 14.2. The van der Waals surface area contributed by atoms with Gasteiger partial charge in [-0.25, -0.2) is 9.18 Å². The number of anilines is 1. The van der Waals surface area contributed by atoms with E-state index in [9.17, 15) is 30.8 Å². The summed E-state index contributed by atoms with van der Waals surface area (Å²) in [5, 5.41) is -0.0454. The fourth-order valence-electron chi connectivity index (χ4n) is 3.26. The molecule has 0 radical (unpaired) electrons. The Kier molecular flexibility index (Phi) is 7.44. The molecule has 0 bridgehead atoms. The van der Waals surface area contributed by atoms with Crippen LogP contribution in [-0.4, -0.2) is 40.1 Å². The van der Waals surface area contributed by atoms with Crippen LogP contribution in [0.25, 0.3) is 22.3 Å². The highest BCUT2D eigenvalue weighted by atomic mass is 32.2. The topological polar surface area (TPSA) is 86.1 Å². The zero-order valence-corrected chi connectivity index (χ0v) is 19.5. The van der Waals surface area contributed by atoms with Gasteiger partial charge < -0.3 is 18.2 Å². The van der Waals surface area contributed by atoms with Crippen LogP contribution in [0.5, 0.6) is 5.75 Å². The highest BCUT2D eigenvalue weighted by Crippen LogP contribution is 2.42. The molecule has 3 rings (SSSR count). The summed E-state index contributed by atoms with van der Waals surface area (Å²) >= 11 is 0. The molecule has 12 heteroatoms. The quantitative estimate of drug-likeness (QED) is 0.120. The Labute approximate surface area is 198 Å². The molecule has 0 atom stereocenters. The summed E-state index contributed by atoms with van der Waals surface area (Å²) < 4.78 is 91.6. The highest BCUT2D eigenvalue weighted by molar-refractivity contribution is 7.88. The Morgan fingerprint density at radius 1 is 1.20 bits per heavy atom. The van der Waals surface area contributed by atoms with Gasteiger partial charge >= 0.3 is 21.6 Å². The molecule has 0 unspecified atom stereocenters. The molecule has 0 saturated carbocycles. The molecule has 35 heavy (non-hydrogen) atoms. The van der Waals surface area contributed by atoms with Crippen molar-refractivity contribution < 1.29 is 44.1 Å². The maximum absolute atomic E-state index is 13.4. The van der Waals surface area contributed by atoms with Crippen molar-refractivity contribution in [2.24, 2.45) is 0 Å². The van der Waals surface area contributed by atoms with E-state index in [0.717, 1.165) is 18.2 Å². The summed E-state index contributed by atoms with van der Waals surface area (Å²) in [6.07, 6.45) is 1.99. The van der Waals surface area contributed by atoms with Crippen molar-refractivity contribution in [3.05, 3.63) is 60.4 Å². The molecule has 0 saturated heterocycles. The first-order valence-electron chi connectivity index (χ1n) is 10.3. The van der Waals surface area contributed by atoms with Crippen molar-refractivity contribution >= 4 is 32.7 Å². The van der Waals surface area contributed by atoms with E-state index >= 15 is 0 Å². The first-order valence-corrected chi connectivity index (χ1v) is 11.7. The van der Waals surface area contributed by atoms with Gasteiger partial charge in [0.25, 0.3) is 0 Å². The molecule has 0 aliphatic heterocycles. The number of carbonyl (C=O) groups is 1. The van der Waals surface area contributed by atoms with E-state index in [-0.39, 0.29) is 46.7 Å². The second-order valence-corrected chi connectivity index (χ2v) is 8.87. The van der Waals surface area contributed by atoms with Crippen LogP contribution in [0.2, 0.25) is 0 Å². The van der Waals surface area contributed by atoms with Gasteiger partial charge in [0.15, 0.2) is 5.75 Å². The molecule has 0 amide bonds. The van der Waals surface area contributed by atoms with Gasteiger partial charge in [0.1, 0.15) is 22.7 Å². The molecule has 0 N–H and O–H groups in total. The van der Waals surface area contributed by atoms with Crippen LogP contribution >= 0.6 is 0 Å². The van der Waals surface area contributed by atoms with E-state index < -0.39 is 33.2 Å². The smallest absolute Gasteiger partial charge is 0.462 e. The van der Waals surface area contributed by atoms with Crippen LogP contribution < -0.4 is 9.08 Å². The number of alkyl halides is 3. The minimum Gasteiger partial charge on any atom is -0.462 e. The molecule has 7 nitrogen and oxygen atoms in total. The van der Waals surface area contributed by atoms with Crippen LogP contribution in [0, 0.1) is 5.82 Å². The molecular weight excluding hydrogens is 494 g/mol. The number of rotatable bonds is 9. The Hall–Kier alpha value is -3.54. The number of benzene rings is 2. The molecule has 188 valence electrons. The van der Waals surface area contributed by atoms with Gasteiger partial charge in [-0.2, -0.15) is 21.6 Å². The highest BCUT2D eigenvalue weighted by Gasteiger charge is 2.49. The van der Waals surface area contributed by atoms with Crippen LogP contribution in [0.3, 0.4) is 0 Å². The van der Waals surface area contributed by atoms with Crippen LogP contribution in [0.15, 0.2) is 53.5 Å². The zero-order valence-electron chi connectivity index (χ0n) is 18.7. The first-order chi connectivity index (χ1) is 16.4. The standard InChI is InChI=1S/C23H21F4NO6S/c1-4-6-11-28(3)17-13-18-16(12-19(17)34-35(30,31)23(25,26)27)20(22(29)32-5-2)21(33-18)14-7-9-15(24)10-8-14/h4,7-10,12-13H,1,5-6,11H2,2-3H3. The summed E-state index contributed by atoms with van der Waals surface area (Å²) in [7, 11) is -4.52. The number of nitrogens with zero attached hydrogens (tertiary/aromatic N) is 1. The predicted octanol–water partition coefficient (Wildman–Crippen LogP) is 5.66. The summed E-state index contributed by atoms with van der Waals surface area (Å²) in [5.74, 6) is -2.11. The van der Waals surface area contributed by atoms with Crippen molar-refractivity contribution in [3.63, 3.8) is 0 Å². The van der Waals surface area contributed by atoms with Crippen molar-refractivity contribution in [2.45, 2.75) is 18.9 Å². The van der Waals surface area contributed by atoms with Crippen molar-refractivity contribution in [1.82, 2.24) is 0 Å². The van der Waals surface area contributed by atoms with Crippen molar-refractivity contribution in [3.8, 4) is 17.1 Å². The van der Waals surface area contributed by atoms with Gasteiger partial charge in [0.05, 0.1) is 12.3 Å². The molecular formula is C23H21F4NO6S. The normalized spacial score (nSPS) is 11.9. The summed E-state index contributed by atoms with van der Waals surface area (Å²) in [5.41, 5.74) is -5.56. The third-order valence-electron chi connectivity index (χ3n) is 4.92. The Bertz CT molecular complexity index is 1350. The number of hydrogen-bond donors (Lipinski definition) is 0. The average Bonchev–Trinajstić information content (AvgIpc) is 3.15. The molecule has 0 aliphatic rings. The van der Waals surface area contributed by atoms with Crippen molar-refractivity contribution in [1.29, 1.82) is 0 Å². The second kappa shape index (κ2) is 9.98. The minimum atomic E-state index is -6.02. The van der Waals surface area contributed by atoms with Gasteiger partial charge in [-0.15, -0.1) is 6.58 Å². The van der Waals surface area contributed by atoms with Crippen LogP contribution in [0.4, 0.5) is 23.2 Å². The number of carbonyl (C=O) groups excluding carboxylic acids is 1. The van der Waals surface area contributed by atoms with E-state index in [1.807, 2.05) is 0 Å². The summed E-state index contributed by atoms with van der Waals surface area (Å²) in [6, 6.07) is 7.19. The van der Waals surface area contributed by atoms with Gasteiger partial charge in [0.2, 0.25) is 0 Å². The largest absolute Gasteiger partial charge is 0.534 e. The third-order valence-corrected chi connectivity index (χ3v) is 5.88. The van der Waals surface area contributed by atoms with Gasteiger partial charge in [0, 0.05) is 30.6 Å². The predicted molar refractivity (Wildman–Crippen MR) is 121 cm³/mol. The van der Waals surface area contributed by atoms with E-state index in [4.69, 9.17) is 9.15 Å². The van der Waals surface area contributed by atoms with Gasteiger partial charge in [-0.1, -0.05) is 6.08 Å². The molecule has 0 spiro atoms. The Morgan fingerprint density at radius 2 is 1.86 bits per heavy atom. The Morgan fingerprint density at radius 3 is 2.43 bits per heavy atom. The van der Waals surface area contributed by atoms with E-state index in [1.54, 1.807) is 13.0 Å². The molecule has 3 aromatic rings. The molecule has 1 aromatic heterocycles. The van der Waals surface area contributed by atoms with Gasteiger partial charge in [-0.05, 0) is 43.7 Å². The molecule has 0 fully saturated rings. The lowest BCUT2D eigenvalue weighted by molar-refractivity contribution is -0.0499. The fourth-order valence-corrected chi connectivity index (χ4v) is 3.72. The summed E-state index contributed by atoms with van der Waals surface area (Å²) in [6.45, 7) is 5.37.